The van der Waals surface area contributed by atoms with E-state index in [0.29, 0.717) is 35.0 Å². The van der Waals surface area contributed by atoms with Crippen LogP contribution in [0.5, 0.6) is 11.6 Å². The van der Waals surface area contributed by atoms with Gasteiger partial charge in [0.1, 0.15) is 17.4 Å². The minimum absolute atomic E-state index is 0.370. The van der Waals surface area contributed by atoms with Crippen LogP contribution < -0.4 is 15.8 Å². The summed E-state index contributed by atoms with van der Waals surface area (Å²) in [7, 11) is 0. The second kappa shape index (κ2) is 7.12. The van der Waals surface area contributed by atoms with Crippen molar-refractivity contribution < 1.29 is 4.74 Å². The standard InChI is InChI=1S/C19H17N7O/c1-12-21-16(20)11-17(22-12)27-15-9-7-13(8-10-15)18-24-19(26-25-18)23-14-5-3-2-4-6-14/h2-11H,1H3,(H2,20,21,22)(H2,23,24,25,26). The molecular formula is C19H17N7O. The first-order chi connectivity index (χ1) is 13.2. The van der Waals surface area contributed by atoms with Gasteiger partial charge in [-0.05, 0) is 43.3 Å². The van der Waals surface area contributed by atoms with Crippen LogP contribution in [0.3, 0.4) is 0 Å². The molecule has 0 unspecified atom stereocenters. The molecule has 0 saturated heterocycles. The third-order valence-electron chi connectivity index (χ3n) is 3.70. The third kappa shape index (κ3) is 4.01. The highest BCUT2D eigenvalue weighted by Crippen LogP contribution is 2.24. The number of hydrogen-bond acceptors (Lipinski definition) is 7. The minimum atomic E-state index is 0.370. The van der Waals surface area contributed by atoms with Crippen molar-refractivity contribution in [1.82, 2.24) is 25.1 Å². The van der Waals surface area contributed by atoms with Gasteiger partial charge in [0, 0.05) is 17.3 Å². The number of benzene rings is 2. The van der Waals surface area contributed by atoms with E-state index in [1.807, 2.05) is 54.6 Å². The fourth-order valence-electron chi connectivity index (χ4n) is 2.51. The average Bonchev–Trinajstić information content (AvgIpc) is 3.11. The molecule has 0 aliphatic carbocycles. The predicted molar refractivity (Wildman–Crippen MR) is 103 cm³/mol. The van der Waals surface area contributed by atoms with Gasteiger partial charge in [-0.15, -0.1) is 5.10 Å². The van der Waals surface area contributed by atoms with Crippen LogP contribution in [0.4, 0.5) is 17.5 Å². The summed E-state index contributed by atoms with van der Waals surface area (Å²) >= 11 is 0. The molecule has 8 nitrogen and oxygen atoms in total. The number of H-pyrrole nitrogens is 1. The average molecular weight is 359 g/mol. The largest absolute Gasteiger partial charge is 0.439 e. The molecule has 0 aliphatic rings. The van der Waals surface area contributed by atoms with Crippen molar-refractivity contribution in [2.24, 2.45) is 0 Å². The van der Waals surface area contributed by atoms with E-state index in [-0.39, 0.29) is 0 Å². The maximum atomic E-state index is 5.73. The van der Waals surface area contributed by atoms with Crippen LogP contribution in [0.2, 0.25) is 0 Å². The SMILES string of the molecule is Cc1nc(N)cc(Oc2ccc(-c3nc(Nc4ccccc4)n[nH]3)cc2)n1. The van der Waals surface area contributed by atoms with Crippen molar-refractivity contribution >= 4 is 17.5 Å². The highest BCUT2D eigenvalue weighted by Gasteiger charge is 2.07. The van der Waals surface area contributed by atoms with Gasteiger partial charge in [-0.2, -0.15) is 9.97 Å². The number of rotatable bonds is 5. The first kappa shape index (κ1) is 16.5. The molecule has 0 saturated carbocycles. The Balaban J connectivity index is 1.47. The van der Waals surface area contributed by atoms with E-state index in [9.17, 15) is 0 Å². The lowest BCUT2D eigenvalue weighted by Crippen LogP contribution is -1.97. The maximum absolute atomic E-state index is 5.73. The lowest BCUT2D eigenvalue weighted by atomic mass is 10.2. The van der Waals surface area contributed by atoms with Crippen molar-refractivity contribution in [1.29, 1.82) is 0 Å². The van der Waals surface area contributed by atoms with E-state index in [2.05, 4.69) is 30.5 Å². The van der Waals surface area contributed by atoms with Gasteiger partial charge >= 0.3 is 0 Å². The topological polar surface area (TPSA) is 115 Å². The van der Waals surface area contributed by atoms with Crippen molar-refractivity contribution in [3.8, 4) is 23.0 Å². The van der Waals surface area contributed by atoms with Crippen molar-refractivity contribution in [3.05, 3.63) is 66.5 Å². The van der Waals surface area contributed by atoms with Crippen LogP contribution in [0.1, 0.15) is 5.82 Å². The van der Waals surface area contributed by atoms with E-state index in [4.69, 9.17) is 10.5 Å². The van der Waals surface area contributed by atoms with Gasteiger partial charge in [-0.1, -0.05) is 18.2 Å². The molecule has 0 spiro atoms. The first-order valence-electron chi connectivity index (χ1n) is 8.30. The summed E-state index contributed by atoms with van der Waals surface area (Å²) in [5.74, 6) is 3.13. The van der Waals surface area contributed by atoms with Gasteiger partial charge in [0.2, 0.25) is 11.8 Å². The summed E-state index contributed by atoms with van der Waals surface area (Å²) < 4.78 is 5.73. The van der Waals surface area contributed by atoms with Crippen LogP contribution in [0, 0.1) is 6.92 Å². The monoisotopic (exact) mass is 359 g/mol. The molecule has 134 valence electrons. The lowest BCUT2D eigenvalue weighted by Gasteiger charge is -2.06. The summed E-state index contributed by atoms with van der Waals surface area (Å²) in [5, 5.41) is 10.3. The molecule has 0 bridgehead atoms. The molecule has 0 fully saturated rings. The van der Waals surface area contributed by atoms with Crippen molar-refractivity contribution in [2.45, 2.75) is 6.92 Å². The number of nitrogen functional groups attached to an aromatic ring is 1. The summed E-state index contributed by atoms with van der Waals surface area (Å²) in [5.41, 5.74) is 7.52. The number of aryl methyl sites for hydroxylation is 1. The molecule has 4 rings (SSSR count). The van der Waals surface area contributed by atoms with Crippen LogP contribution in [-0.4, -0.2) is 25.1 Å². The molecule has 27 heavy (non-hydrogen) atoms. The third-order valence-corrected chi connectivity index (χ3v) is 3.70. The van der Waals surface area contributed by atoms with Crippen LogP contribution in [-0.2, 0) is 0 Å². The molecule has 4 N–H and O–H groups in total. The molecule has 0 radical (unpaired) electrons. The molecule has 2 heterocycles. The van der Waals surface area contributed by atoms with Gasteiger partial charge in [0.25, 0.3) is 0 Å². The van der Waals surface area contributed by atoms with Gasteiger partial charge in [0.05, 0.1) is 0 Å². The molecule has 0 amide bonds. The van der Waals surface area contributed by atoms with Crippen molar-refractivity contribution in [3.63, 3.8) is 0 Å². The predicted octanol–water partition coefficient (Wildman–Crippen LogP) is 3.69. The first-order valence-corrected chi connectivity index (χ1v) is 8.30. The zero-order valence-electron chi connectivity index (χ0n) is 14.5. The number of anilines is 3. The second-order valence-corrected chi connectivity index (χ2v) is 5.80. The van der Waals surface area contributed by atoms with E-state index >= 15 is 0 Å². The maximum Gasteiger partial charge on any atom is 0.246 e. The molecular weight excluding hydrogens is 342 g/mol. The summed E-state index contributed by atoms with van der Waals surface area (Å²) in [6.07, 6.45) is 0. The number of ether oxygens (including phenoxy) is 1. The zero-order valence-corrected chi connectivity index (χ0v) is 14.5. The number of aromatic amines is 1. The normalized spacial score (nSPS) is 10.6. The quantitative estimate of drug-likeness (QED) is 0.498. The Kier molecular flexibility index (Phi) is 4.36. The lowest BCUT2D eigenvalue weighted by molar-refractivity contribution is 0.460. The van der Waals surface area contributed by atoms with Crippen LogP contribution in [0.25, 0.3) is 11.4 Å². The molecule has 0 aliphatic heterocycles. The van der Waals surface area contributed by atoms with Crippen molar-refractivity contribution in [2.75, 3.05) is 11.1 Å². The number of para-hydroxylation sites is 1. The molecule has 8 heteroatoms. The molecule has 2 aromatic heterocycles. The molecule has 4 aromatic rings. The number of nitrogens with one attached hydrogen (secondary N) is 2. The van der Waals surface area contributed by atoms with Gasteiger partial charge in [0.15, 0.2) is 5.82 Å². The smallest absolute Gasteiger partial charge is 0.246 e. The summed E-state index contributed by atoms with van der Waals surface area (Å²) in [6.45, 7) is 1.76. The number of nitrogens with zero attached hydrogens (tertiary/aromatic N) is 4. The van der Waals surface area contributed by atoms with E-state index in [1.54, 1.807) is 13.0 Å². The minimum Gasteiger partial charge on any atom is -0.439 e. The zero-order chi connectivity index (χ0) is 18.6. The van der Waals surface area contributed by atoms with E-state index < -0.39 is 0 Å². The Morgan fingerprint density at radius 3 is 2.48 bits per heavy atom. The highest BCUT2D eigenvalue weighted by atomic mass is 16.5. The van der Waals surface area contributed by atoms with Gasteiger partial charge in [-0.3, -0.25) is 5.10 Å². The Hall–Kier alpha value is -3.94. The molecule has 2 aromatic carbocycles. The Morgan fingerprint density at radius 2 is 1.74 bits per heavy atom. The number of nitrogens with two attached hydrogens (primary N) is 1. The fourth-order valence-corrected chi connectivity index (χ4v) is 2.51. The summed E-state index contributed by atoms with van der Waals surface area (Å²) in [6, 6.07) is 18.8. The molecule has 0 atom stereocenters. The fraction of sp³-hybridized carbons (Fsp3) is 0.0526. The van der Waals surface area contributed by atoms with E-state index in [1.165, 1.54) is 0 Å². The van der Waals surface area contributed by atoms with Crippen LogP contribution >= 0.6 is 0 Å². The Bertz CT molecular complexity index is 1030. The number of hydrogen-bond donors (Lipinski definition) is 3. The summed E-state index contributed by atoms with van der Waals surface area (Å²) in [4.78, 5) is 12.7. The van der Waals surface area contributed by atoms with E-state index in [0.717, 1.165) is 11.3 Å². The van der Waals surface area contributed by atoms with Crippen LogP contribution in [0.15, 0.2) is 60.7 Å². The Morgan fingerprint density at radius 1 is 0.963 bits per heavy atom. The Labute approximate surface area is 155 Å². The van der Waals surface area contributed by atoms with Gasteiger partial charge < -0.3 is 15.8 Å². The highest BCUT2D eigenvalue weighted by molar-refractivity contribution is 5.60. The number of aromatic nitrogens is 5. The second-order valence-electron chi connectivity index (χ2n) is 5.80. The van der Waals surface area contributed by atoms with Gasteiger partial charge in [-0.25, -0.2) is 4.98 Å².